The van der Waals surface area contributed by atoms with E-state index in [4.69, 9.17) is 46.4 Å². The number of carbonyl (C=O) groups is 1. The minimum Gasteiger partial charge on any atom is -0.389 e. The highest BCUT2D eigenvalue weighted by Crippen LogP contribution is 2.43. The molecule has 2 N–H and O–H groups in total. The molecule has 0 bridgehead atoms. The topological polar surface area (TPSA) is 41.1 Å². The van der Waals surface area contributed by atoms with E-state index in [0.717, 1.165) is 34.4 Å². The van der Waals surface area contributed by atoms with Gasteiger partial charge in [0, 0.05) is 69.1 Å². The molecule has 2 aromatic carbocycles. The SMILES string of the molecule is O=C(c1ccc(Cl)c(Cl)c1C1=CNCCS1)c1ccc(Cl)c(Cl)c1C1=CNCCS1. The minimum atomic E-state index is -0.184. The van der Waals surface area contributed by atoms with Crippen LogP contribution >= 0.6 is 69.9 Å². The van der Waals surface area contributed by atoms with E-state index in [1.54, 1.807) is 47.8 Å². The van der Waals surface area contributed by atoms with Crippen LogP contribution in [0.25, 0.3) is 9.81 Å². The van der Waals surface area contributed by atoms with Gasteiger partial charge in [0.2, 0.25) is 0 Å². The minimum absolute atomic E-state index is 0.184. The second-order valence-corrected chi connectivity index (χ2v) is 10.4. The number of thioether (sulfide) groups is 2. The molecule has 2 aliphatic heterocycles. The third kappa shape index (κ3) is 4.34. The number of rotatable bonds is 4. The fourth-order valence-corrected chi connectivity index (χ4v) is 6.13. The lowest BCUT2D eigenvalue weighted by Gasteiger charge is -2.21. The Morgan fingerprint density at radius 2 is 1.17 bits per heavy atom. The van der Waals surface area contributed by atoms with E-state index in [9.17, 15) is 4.79 Å². The largest absolute Gasteiger partial charge is 0.389 e. The zero-order valence-corrected chi connectivity index (χ0v) is 20.2. The number of benzene rings is 2. The second-order valence-electron chi connectivity index (χ2n) is 6.52. The summed E-state index contributed by atoms with van der Waals surface area (Å²) in [5.74, 6) is 1.56. The molecule has 0 fully saturated rings. The highest BCUT2D eigenvalue weighted by Gasteiger charge is 2.27. The molecule has 2 aromatic rings. The van der Waals surface area contributed by atoms with E-state index in [-0.39, 0.29) is 5.78 Å². The zero-order chi connectivity index (χ0) is 21.3. The molecule has 0 unspecified atom stereocenters. The van der Waals surface area contributed by atoms with Crippen molar-refractivity contribution in [2.45, 2.75) is 0 Å². The van der Waals surface area contributed by atoms with E-state index < -0.39 is 0 Å². The van der Waals surface area contributed by atoms with Gasteiger partial charge in [-0.2, -0.15) is 0 Å². The number of hydrogen-bond donors (Lipinski definition) is 2. The van der Waals surface area contributed by atoms with Gasteiger partial charge in [0.05, 0.1) is 20.1 Å². The average Bonchev–Trinajstić information content (AvgIpc) is 2.78. The summed E-state index contributed by atoms with van der Waals surface area (Å²) in [4.78, 5) is 15.5. The van der Waals surface area contributed by atoms with Crippen molar-refractivity contribution < 1.29 is 4.79 Å². The van der Waals surface area contributed by atoms with Crippen molar-refractivity contribution in [3.63, 3.8) is 0 Å². The maximum Gasteiger partial charge on any atom is 0.194 e. The Bertz CT molecular complexity index is 1000. The van der Waals surface area contributed by atoms with Gasteiger partial charge in [-0.25, -0.2) is 0 Å². The first kappa shape index (κ1) is 22.3. The van der Waals surface area contributed by atoms with Gasteiger partial charge in [-0.1, -0.05) is 46.4 Å². The number of hydrogen-bond acceptors (Lipinski definition) is 5. The fraction of sp³-hybridized carbons (Fsp3) is 0.190. The first-order valence-electron chi connectivity index (χ1n) is 9.13. The molecule has 2 aliphatic rings. The first-order chi connectivity index (χ1) is 14.5. The summed E-state index contributed by atoms with van der Waals surface area (Å²) in [5, 5.41) is 7.95. The van der Waals surface area contributed by atoms with Crippen LogP contribution in [-0.4, -0.2) is 30.4 Å². The summed E-state index contributed by atoms with van der Waals surface area (Å²) in [6, 6.07) is 6.73. The Kier molecular flexibility index (Phi) is 7.18. The van der Waals surface area contributed by atoms with Crippen LogP contribution < -0.4 is 10.6 Å². The van der Waals surface area contributed by atoms with Gasteiger partial charge < -0.3 is 10.6 Å². The summed E-state index contributed by atoms with van der Waals surface area (Å²) in [5.41, 5.74) is 2.21. The third-order valence-corrected chi connectivity index (χ3v) is 8.34. The van der Waals surface area contributed by atoms with Gasteiger partial charge in [0.25, 0.3) is 0 Å². The van der Waals surface area contributed by atoms with Gasteiger partial charge >= 0.3 is 0 Å². The van der Waals surface area contributed by atoms with E-state index >= 15 is 0 Å². The average molecular weight is 518 g/mol. The number of ketones is 1. The molecule has 2 heterocycles. The molecule has 9 heteroatoms. The molecule has 4 rings (SSSR count). The Labute approximate surface area is 203 Å². The Morgan fingerprint density at radius 3 is 1.53 bits per heavy atom. The molecule has 0 saturated heterocycles. The van der Waals surface area contributed by atoms with E-state index in [2.05, 4.69) is 10.6 Å². The van der Waals surface area contributed by atoms with Crippen molar-refractivity contribution in [2.24, 2.45) is 0 Å². The predicted octanol–water partition coefficient (Wildman–Crippen LogP) is 6.80. The normalized spacial score (nSPS) is 16.3. The molecule has 30 heavy (non-hydrogen) atoms. The molecule has 0 amide bonds. The molecule has 3 nitrogen and oxygen atoms in total. The van der Waals surface area contributed by atoms with E-state index in [1.807, 2.05) is 12.4 Å². The van der Waals surface area contributed by atoms with Crippen LogP contribution in [0.2, 0.25) is 20.1 Å². The van der Waals surface area contributed by atoms with Gasteiger partial charge in [0.15, 0.2) is 5.78 Å². The number of carbonyl (C=O) groups excluding carboxylic acids is 1. The molecule has 0 saturated carbocycles. The van der Waals surface area contributed by atoms with Crippen molar-refractivity contribution in [1.82, 2.24) is 10.6 Å². The van der Waals surface area contributed by atoms with Crippen LogP contribution in [0.15, 0.2) is 36.7 Å². The van der Waals surface area contributed by atoms with Crippen LogP contribution in [0, 0.1) is 0 Å². The zero-order valence-electron chi connectivity index (χ0n) is 15.5. The lowest BCUT2D eigenvalue weighted by Crippen LogP contribution is -2.17. The van der Waals surface area contributed by atoms with Gasteiger partial charge in [-0.3, -0.25) is 4.79 Å². The van der Waals surface area contributed by atoms with Gasteiger partial charge in [-0.15, -0.1) is 23.5 Å². The standard InChI is InChI=1S/C21H16Cl4N2OS2/c22-13-3-1-11(17(19(13)24)15-9-26-5-7-29-15)21(28)12-2-4-14(23)20(25)18(12)16-10-27-6-8-30-16/h1-4,9-10,26-27H,5-8H2. The van der Waals surface area contributed by atoms with Crippen molar-refractivity contribution in [1.29, 1.82) is 0 Å². The smallest absolute Gasteiger partial charge is 0.194 e. The lowest BCUT2D eigenvalue weighted by atomic mass is 9.94. The molecule has 0 aromatic heterocycles. The van der Waals surface area contributed by atoms with Crippen LogP contribution in [0.1, 0.15) is 27.0 Å². The van der Waals surface area contributed by atoms with Crippen LogP contribution in [0.4, 0.5) is 0 Å². The summed E-state index contributed by atoms with van der Waals surface area (Å²) in [6.45, 7) is 1.70. The van der Waals surface area contributed by atoms with Gasteiger partial charge in [0.1, 0.15) is 0 Å². The lowest BCUT2D eigenvalue weighted by molar-refractivity contribution is 0.103. The maximum absolute atomic E-state index is 13.8. The summed E-state index contributed by atoms with van der Waals surface area (Å²) < 4.78 is 0. The Hall–Kier alpha value is -0.950. The van der Waals surface area contributed by atoms with Crippen molar-refractivity contribution in [3.05, 3.63) is 79.0 Å². The van der Waals surface area contributed by atoms with Crippen molar-refractivity contribution in [2.75, 3.05) is 24.6 Å². The molecule has 156 valence electrons. The van der Waals surface area contributed by atoms with Crippen LogP contribution in [0.5, 0.6) is 0 Å². The van der Waals surface area contributed by atoms with Crippen molar-refractivity contribution >= 4 is 85.5 Å². The molecule has 0 radical (unpaired) electrons. The third-order valence-electron chi connectivity index (χ3n) is 4.65. The molecule has 0 spiro atoms. The highest BCUT2D eigenvalue weighted by atomic mass is 35.5. The predicted molar refractivity (Wildman–Crippen MR) is 133 cm³/mol. The number of halogens is 4. The molecular formula is C21H16Cl4N2OS2. The quantitative estimate of drug-likeness (QED) is 0.436. The maximum atomic E-state index is 13.8. The van der Waals surface area contributed by atoms with Crippen LogP contribution in [-0.2, 0) is 0 Å². The molecule has 0 atom stereocenters. The second kappa shape index (κ2) is 9.68. The highest BCUT2D eigenvalue weighted by molar-refractivity contribution is 8.08. The Morgan fingerprint density at radius 1 is 0.733 bits per heavy atom. The summed E-state index contributed by atoms with van der Waals surface area (Å²) >= 11 is 29.0. The number of nitrogens with one attached hydrogen (secondary N) is 2. The van der Waals surface area contributed by atoms with Crippen molar-refractivity contribution in [3.8, 4) is 0 Å². The first-order valence-corrected chi connectivity index (χ1v) is 12.6. The Balaban J connectivity index is 1.89. The monoisotopic (exact) mass is 516 g/mol. The van der Waals surface area contributed by atoms with Crippen LogP contribution in [0.3, 0.4) is 0 Å². The fourth-order valence-electron chi connectivity index (χ4n) is 3.25. The summed E-state index contributed by atoms with van der Waals surface area (Å²) in [7, 11) is 0. The van der Waals surface area contributed by atoms with E-state index in [1.165, 1.54) is 0 Å². The summed E-state index contributed by atoms with van der Waals surface area (Å²) in [6.07, 6.45) is 3.75. The van der Waals surface area contributed by atoms with E-state index in [0.29, 0.717) is 42.3 Å². The van der Waals surface area contributed by atoms with Gasteiger partial charge in [-0.05, 0) is 24.3 Å². The molecular weight excluding hydrogens is 502 g/mol. The molecule has 0 aliphatic carbocycles.